The largest absolute Gasteiger partial charge is 0.495 e. The number of aromatic nitrogens is 1. The van der Waals surface area contributed by atoms with Crippen molar-refractivity contribution in [3.63, 3.8) is 0 Å². The van der Waals surface area contributed by atoms with E-state index >= 15 is 0 Å². The average Bonchev–Trinajstić information content (AvgIpc) is 2.38. The van der Waals surface area contributed by atoms with Crippen LogP contribution in [-0.2, 0) is 0 Å². The number of anilines is 2. The van der Waals surface area contributed by atoms with Gasteiger partial charge in [-0.05, 0) is 46.6 Å². The minimum atomic E-state index is 0.837. The Balaban J connectivity index is 2.44. The Hall–Kier alpha value is -1.55. The third-order valence-electron chi connectivity index (χ3n) is 2.78. The zero-order chi connectivity index (χ0) is 13.1. The summed E-state index contributed by atoms with van der Waals surface area (Å²) < 4.78 is 6.36. The maximum atomic E-state index is 5.37. The highest BCUT2D eigenvalue weighted by molar-refractivity contribution is 9.10. The number of benzene rings is 1. The number of para-hydroxylation sites is 2. The standard InChI is InChI=1S/C14H15BrN2O/c1-10-8-11(15)9-16-14(10)17(2)12-6-4-5-7-13(12)18-3/h4-9H,1-3H3. The van der Waals surface area contributed by atoms with E-state index in [4.69, 9.17) is 4.74 Å². The molecular weight excluding hydrogens is 292 g/mol. The molecule has 0 aliphatic heterocycles. The zero-order valence-electron chi connectivity index (χ0n) is 10.6. The number of nitrogens with zero attached hydrogens (tertiary/aromatic N) is 2. The van der Waals surface area contributed by atoms with Crippen molar-refractivity contribution in [3.05, 3.63) is 46.6 Å². The van der Waals surface area contributed by atoms with Gasteiger partial charge in [-0.25, -0.2) is 4.98 Å². The number of rotatable bonds is 3. The fourth-order valence-corrected chi connectivity index (χ4v) is 2.35. The highest BCUT2D eigenvalue weighted by Gasteiger charge is 2.12. The lowest BCUT2D eigenvalue weighted by molar-refractivity contribution is 0.415. The number of methoxy groups -OCH3 is 1. The maximum Gasteiger partial charge on any atom is 0.142 e. The Kier molecular flexibility index (Phi) is 3.87. The molecule has 3 nitrogen and oxygen atoms in total. The molecule has 0 bridgehead atoms. The summed E-state index contributed by atoms with van der Waals surface area (Å²) in [7, 11) is 3.66. The van der Waals surface area contributed by atoms with Crippen LogP contribution in [0.5, 0.6) is 5.75 Å². The molecule has 0 aliphatic carbocycles. The quantitative estimate of drug-likeness (QED) is 0.859. The summed E-state index contributed by atoms with van der Waals surface area (Å²) in [5, 5.41) is 0. The molecule has 2 aromatic rings. The molecule has 0 amide bonds. The van der Waals surface area contributed by atoms with Gasteiger partial charge in [-0.2, -0.15) is 0 Å². The van der Waals surface area contributed by atoms with Crippen molar-refractivity contribution in [2.24, 2.45) is 0 Å². The molecule has 2 rings (SSSR count). The van der Waals surface area contributed by atoms with Gasteiger partial charge in [0.25, 0.3) is 0 Å². The molecule has 0 aliphatic rings. The van der Waals surface area contributed by atoms with E-state index in [1.165, 1.54) is 0 Å². The highest BCUT2D eigenvalue weighted by Crippen LogP contribution is 2.33. The van der Waals surface area contributed by atoms with E-state index < -0.39 is 0 Å². The van der Waals surface area contributed by atoms with Gasteiger partial charge < -0.3 is 9.64 Å². The molecule has 0 unspecified atom stereocenters. The van der Waals surface area contributed by atoms with Gasteiger partial charge in [0.15, 0.2) is 0 Å². The van der Waals surface area contributed by atoms with Gasteiger partial charge >= 0.3 is 0 Å². The Bertz CT molecular complexity index is 557. The van der Waals surface area contributed by atoms with E-state index in [1.54, 1.807) is 13.3 Å². The van der Waals surface area contributed by atoms with E-state index in [9.17, 15) is 0 Å². The minimum absolute atomic E-state index is 0.837. The van der Waals surface area contributed by atoms with Crippen molar-refractivity contribution in [2.75, 3.05) is 19.1 Å². The molecule has 0 saturated carbocycles. The van der Waals surface area contributed by atoms with Gasteiger partial charge in [0.05, 0.1) is 12.8 Å². The second kappa shape index (κ2) is 5.40. The maximum absolute atomic E-state index is 5.37. The predicted octanol–water partition coefficient (Wildman–Crippen LogP) is 3.93. The van der Waals surface area contributed by atoms with Gasteiger partial charge in [0, 0.05) is 17.7 Å². The van der Waals surface area contributed by atoms with Crippen molar-refractivity contribution < 1.29 is 4.74 Å². The second-order valence-electron chi connectivity index (χ2n) is 4.02. The molecule has 1 heterocycles. The summed E-state index contributed by atoms with van der Waals surface area (Å²) in [5.74, 6) is 1.76. The first-order valence-corrected chi connectivity index (χ1v) is 6.41. The summed E-state index contributed by atoms with van der Waals surface area (Å²) in [5.41, 5.74) is 2.11. The van der Waals surface area contributed by atoms with Gasteiger partial charge in [0.1, 0.15) is 11.6 Å². The molecule has 0 radical (unpaired) electrons. The van der Waals surface area contributed by atoms with Crippen LogP contribution in [0.1, 0.15) is 5.56 Å². The fourth-order valence-electron chi connectivity index (χ4n) is 1.91. The van der Waals surface area contributed by atoms with Crippen LogP contribution in [0.15, 0.2) is 41.0 Å². The monoisotopic (exact) mass is 306 g/mol. The first kappa shape index (κ1) is 12.9. The minimum Gasteiger partial charge on any atom is -0.495 e. The van der Waals surface area contributed by atoms with Crippen LogP contribution in [0.25, 0.3) is 0 Å². The lowest BCUT2D eigenvalue weighted by atomic mass is 10.2. The normalized spacial score (nSPS) is 10.2. The van der Waals surface area contributed by atoms with Crippen LogP contribution in [0.4, 0.5) is 11.5 Å². The average molecular weight is 307 g/mol. The van der Waals surface area contributed by atoms with Crippen LogP contribution in [0, 0.1) is 6.92 Å². The molecule has 1 aromatic carbocycles. The number of halogens is 1. The molecule has 94 valence electrons. The lowest BCUT2D eigenvalue weighted by Gasteiger charge is -2.22. The highest BCUT2D eigenvalue weighted by atomic mass is 79.9. The van der Waals surface area contributed by atoms with Crippen molar-refractivity contribution in [3.8, 4) is 5.75 Å². The molecule has 4 heteroatoms. The molecule has 0 N–H and O–H groups in total. The van der Waals surface area contributed by atoms with Crippen LogP contribution >= 0.6 is 15.9 Å². The number of pyridine rings is 1. The van der Waals surface area contributed by atoms with Crippen molar-refractivity contribution >= 4 is 27.4 Å². The lowest BCUT2D eigenvalue weighted by Crippen LogP contribution is -2.13. The van der Waals surface area contributed by atoms with Crippen LogP contribution in [0.3, 0.4) is 0 Å². The zero-order valence-corrected chi connectivity index (χ0v) is 12.2. The summed E-state index contributed by atoms with van der Waals surface area (Å²) >= 11 is 3.42. The van der Waals surface area contributed by atoms with Crippen LogP contribution < -0.4 is 9.64 Å². The van der Waals surface area contributed by atoms with E-state index in [2.05, 4.69) is 20.9 Å². The van der Waals surface area contributed by atoms with Crippen LogP contribution in [0.2, 0.25) is 0 Å². The Morgan fingerprint density at radius 3 is 2.67 bits per heavy atom. The smallest absolute Gasteiger partial charge is 0.142 e. The van der Waals surface area contributed by atoms with E-state index in [-0.39, 0.29) is 0 Å². The number of ether oxygens (including phenoxy) is 1. The van der Waals surface area contributed by atoms with Gasteiger partial charge in [-0.3, -0.25) is 0 Å². The van der Waals surface area contributed by atoms with E-state index in [0.717, 1.165) is 27.3 Å². The number of hydrogen-bond donors (Lipinski definition) is 0. The van der Waals surface area contributed by atoms with Crippen LogP contribution in [-0.4, -0.2) is 19.1 Å². The summed E-state index contributed by atoms with van der Waals surface area (Å²) in [6.07, 6.45) is 1.80. The third-order valence-corrected chi connectivity index (χ3v) is 3.22. The number of hydrogen-bond acceptors (Lipinski definition) is 3. The summed E-state index contributed by atoms with van der Waals surface area (Å²) in [6.45, 7) is 2.04. The molecule has 1 aromatic heterocycles. The third kappa shape index (κ3) is 2.48. The van der Waals surface area contributed by atoms with E-state index in [0.29, 0.717) is 0 Å². The van der Waals surface area contributed by atoms with Crippen molar-refractivity contribution in [1.82, 2.24) is 4.98 Å². The number of aryl methyl sites for hydroxylation is 1. The summed E-state index contributed by atoms with van der Waals surface area (Å²) in [6, 6.07) is 9.96. The van der Waals surface area contributed by atoms with Crippen molar-refractivity contribution in [1.29, 1.82) is 0 Å². The molecule has 0 fully saturated rings. The molecule has 18 heavy (non-hydrogen) atoms. The molecular formula is C14H15BrN2O. The van der Waals surface area contributed by atoms with Crippen molar-refractivity contribution in [2.45, 2.75) is 6.92 Å². The van der Waals surface area contributed by atoms with E-state index in [1.807, 2.05) is 49.2 Å². The first-order valence-electron chi connectivity index (χ1n) is 5.62. The molecule has 0 spiro atoms. The Morgan fingerprint density at radius 1 is 1.28 bits per heavy atom. The van der Waals surface area contributed by atoms with Gasteiger partial charge in [0.2, 0.25) is 0 Å². The Labute approximate surface area is 116 Å². The SMILES string of the molecule is COc1ccccc1N(C)c1ncc(Br)cc1C. The first-order chi connectivity index (χ1) is 8.63. The van der Waals surface area contributed by atoms with Gasteiger partial charge in [-0.1, -0.05) is 12.1 Å². The Morgan fingerprint density at radius 2 is 2.00 bits per heavy atom. The predicted molar refractivity (Wildman–Crippen MR) is 77.7 cm³/mol. The molecule has 0 atom stereocenters. The van der Waals surface area contributed by atoms with Gasteiger partial charge in [-0.15, -0.1) is 0 Å². The summed E-state index contributed by atoms with van der Waals surface area (Å²) in [4.78, 5) is 6.48. The molecule has 0 saturated heterocycles. The topological polar surface area (TPSA) is 25.4 Å². The fraction of sp³-hybridized carbons (Fsp3) is 0.214. The second-order valence-corrected chi connectivity index (χ2v) is 4.94.